The van der Waals surface area contributed by atoms with Crippen LogP contribution in [0.1, 0.15) is 24.2 Å². The van der Waals surface area contributed by atoms with Gasteiger partial charge >= 0.3 is 5.69 Å². The van der Waals surface area contributed by atoms with Gasteiger partial charge in [0.2, 0.25) is 5.75 Å². The third-order valence-electron chi connectivity index (χ3n) is 2.93. The molecule has 7 heteroatoms. The van der Waals surface area contributed by atoms with Crippen molar-refractivity contribution in [3.8, 4) is 5.75 Å². The number of thiophene rings is 1. The second-order valence-corrected chi connectivity index (χ2v) is 6.20. The lowest BCUT2D eigenvalue weighted by Crippen LogP contribution is -2.07. The Morgan fingerprint density at radius 3 is 2.86 bits per heavy atom. The lowest BCUT2D eigenvalue weighted by atomic mass is 10.1. The minimum Gasteiger partial charge on any atom is -0.486 e. The van der Waals surface area contributed by atoms with Crippen LogP contribution in [0.5, 0.6) is 5.75 Å². The van der Waals surface area contributed by atoms with Crippen molar-refractivity contribution in [3.05, 3.63) is 54.7 Å². The number of nitro groups is 1. The van der Waals surface area contributed by atoms with Crippen LogP contribution in [0.15, 0.2) is 33.4 Å². The van der Waals surface area contributed by atoms with Crippen LogP contribution in [0.4, 0.5) is 5.69 Å². The molecular formula is C14H14BrNO4S. The van der Waals surface area contributed by atoms with E-state index in [2.05, 4.69) is 15.9 Å². The van der Waals surface area contributed by atoms with Gasteiger partial charge in [-0.25, -0.2) is 0 Å². The van der Waals surface area contributed by atoms with Crippen LogP contribution in [0.25, 0.3) is 0 Å². The maximum atomic E-state index is 11.2. The molecule has 0 spiro atoms. The summed E-state index contributed by atoms with van der Waals surface area (Å²) in [7, 11) is 0. The number of aliphatic hydroxyl groups excluding tert-OH is 1. The fraction of sp³-hybridized carbons (Fsp3) is 0.286. The van der Waals surface area contributed by atoms with Crippen molar-refractivity contribution >= 4 is 33.0 Å². The van der Waals surface area contributed by atoms with Gasteiger partial charge in [0.25, 0.3) is 0 Å². The van der Waals surface area contributed by atoms with Crippen LogP contribution in [0.2, 0.25) is 0 Å². The highest BCUT2D eigenvalue weighted by atomic mass is 79.9. The number of nitrogens with zero attached hydrogens (tertiary/aromatic N) is 1. The van der Waals surface area contributed by atoms with Crippen LogP contribution in [-0.4, -0.2) is 16.6 Å². The van der Waals surface area contributed by atoms with Crippen molar-refractivity contribution in [3.63, 3.8) is 0 Å². The maximum absolute atomic E-state index is 11.2. The van der Waals surface area contributed by atoms with E-state index < -0.39 is 11.0 Å². The second kappa shape index (κ2) is 7.02. The number of benzene rings is 1. The van der Waals surface area contributed by atoms with Crippen LogP contribution >= 0.6 is 27.3 Å². The summed E-state index contributed by atoms with van der Waals surface area (Å²) in [6, 6.07) is 5.00. The molecule has 1 N–H and O–H groups in total. The summed E-state index contributed by atoms with van der Waals surface area (Å²) in [6.07, 6.45) is -0.187. The summed E-state index contributed by atoms with van der Waals surface area (Å²) in [5, 5.41) is 24.9. The van der Waals surface area contributed by atoms with E-state index in [1.165, 1.54) is 6.07 Å². The summed E-state index contributed by atoms with van der Waals surface area (Å²) in [5.41, 5.74) is 1.38. The molecule has 1 aromatic carbocycles. The van der Waals surface area contributed by atoms with Gasteiger partial charge < -0.3 is 9.84 Å². The highest BCUT2D eigenvalue weighted by Gasteiger charge is 2.23. The van der Waals surface area contributed by atoms with E-state index in [-0.39, 0.29) is 11.4 Å². The van der Waals surface area contributed by atoms with Gasteiger partial charge in [0.1, 0.15) is 0 Å². The van der Waals surface area contributed by atoms with Gasteiger partial charge in [-0.15, -0.1) is 0 Å². The highest BCUT2D eigenvalue weighted by Crippen LogP contribution is 2.37. The van der Waals surface area contributed by atoms with Crippen molar-refractivity contribution < 1.29 is 14.8 Å². The lowest BCUT2D eigenvalue weighted by molar-refractivity contribution is -0.386. The number of aliphatic hydroxyl groups is 1. The Balaban J connectivity index is 2.24. The molecule has 0 saturated carbocycles. The number of nitro benzene ring substituents is 1. The number of hydrogen-bond acceptors (Lipinski definition) is 5. The van der Waals surface area contributed by atoms with Crippen molar-refractivity contribution in [2.45, 2.75) is 19.4 Å². The summed E-state index contributed by atoms with van der Waals surface area (Å²) < 4.78 is 6.14. The molecule has 1 heterocycles. The number of ether oxygens (including phenoxy) is 1. The lowest BCUT2D eigenvalue weighted by Gasteiger charge is -2.14. The quantitative estimate of drug-likeness (QED) is 0.612. The molecule has 1 aromatic heterocycles. The minimum absolute atomic E-state index is 0.133. The average Bonchev–Trinajstić information content (AvgIpc) is 2.92. The predicted molar refractivity (Wildman–Crippen MR) is 84.9 cm³/mol. The van der Waals surface area contributed by atoms with E-state index in [0.29, 0.717) is 23.1 Å². The Bertz CT molecular complexity index is 628. The first-order valence-corrected chi connectivity index (χ1v) is 8.02. The van der Waals surface area contributed by atoms with Crippen LogP contribution in [0.3, 0.4) is 0 Å². The molecule has 0 aliphatic heterocycles. The zero-order chi connectivity index (χ0) is 15.4. The summed E-state index contributed by atoms with van der Waals surface area (Å²) in [5.74, 6) is 0.133. The predicted octanol–water partition coefficient (Wildman–Crippen LogP) is 4.09. The second-order valence-electron chi connectivity index (χ2n) is 4.51. The van der Waals surface area contributed by atoms with Crippen molar-refractivity contribution in [2.75, 3.05) is 6.61 Å². The van der Waals surface area contributed by atoms with Crippen molar-refractivity contribution in [1.29, 1.82) is 0 Å². The number of rotatable bonds is 6. The van der Waals surface area contributed by atoms with E-state index in [0.717, 1.165) is 5.56 Å². The fourth-order valence-electron chi connectivity index (χ4n) is 1.91. The molecule has 0 amide bonds. The molecule has 0 fully saturated rings. The molecule has 0 bridgehead atoms. The first-order valence-electron chi connectivity index (χ1n) is 6.29. The van der Waals surface area contributed by atoms with E-state index in [9.17, 15) is 15.2 Å². The van der Waals surface area contributed by atoms with Gasteiger partial charge in [-0.1, -0.05) is 15.9 Å². The molecule has 5 nitrogen and oxygen atoms in total. The molecule has 112 valence electrons. The Morgan fingerprint density at radius 1 is 1.52 bits per heavy atom. The third kappa shape index (κ3) is 4.03. The van der Waals surface area contributed by atoms with Gasteiger partial charge in [-0.05, 0) is 35.4 Å². The van der Waals surface area contributed by atoms with Gasteiger partial charge in [-0.2, -0.15) is 11.3 Å². The average molecular weight is 372 g/mol. The standard InChI is InChI=1S/C14H14BrNO4S/c1-9(17)12-6-11(15)7-13(16(18)19)14(12)20-4-2-10-3-5-21-8-10/h3,5-9,17H,2,4H2,1H3/t9-/m1/s1. The Labute approximate surface area is 134 Å². The van der Waals surface area contributed by atoms with E-state index >= 15 is 0 Å². The van der Waals surface area contributed by atoms with E-state index in [4.69, 9.17) is 4.74 Å². The Morgan fingerprint density at radius 2 is 2.29 bits per heavy atom. The molecule has 2 rings (SSSR count). The molecule has 0 saturated heterocycles. The molecule has 2 aromatic rings. The molecule has 0 radical (unpaired) electrons. The Hall–Kier alpha value is -1.44. The first-order chi connectivity index (χ1) is 9.99. The molecule has 0 aliphatic carbocycles. The van der Waals surface area contributed by atoms with Crippen LogP contribution < -0.4 is 4.74 Å². The van der Waals surface area contributed by atoms with E-state index in [1.54, 1.807) is 24.3 Å². The van der Waals surface area contributed by atoms with Crippen LogP contribution in [0, 0.1) is 10.1 Å². The van der Waals surface area contributed by atoms with Gasteiger partial charge in [0.05, 0.1) is 17.6 Å². The van der Waals surface area contributed by atoms with E-state index in [1.807, 2.05) is 16.8 Å². The summed E-state index contributed by atoms with van der Waals surface area (Å²) in [6.45, 7) is 1.87. The van der Waals surface area contributed by atoms with Gasteiger partial charge in [0, 0.05) is 22.5 Å². The van der Waals surface area contributed by atoms with Gasteiger partial charge in [-0.3, -0.25) is 10.1 Å². The summed E-state index contributed by atoms with van der Waals surface area (Å²) >= 11 is 4.81. The minimum atomic E-state index is -0.850. The zero-order valence-corrected chi connectivity index (χ0v) is 13.7. The topological polar surface area (TPSA) is 72.6 Å². The zero-order valence-electron chi connectivity index (χ0n) is 11.3. The molecule has 0 unspecified atom stereocenters. The molecule has 1 atom stereocenters. The molecule has 21 heavy (non-hydrogen) atoms. The number of halogens is 1. The molecular weight excluding hydrogens is 358 g/mol. The number of hydrogen-bond donors (Lipinski definition) is 1. The highest BCUT2D eigenvalue weighted by molar-refractivity contribution is 9.10. The van der Waals surface area contributed by atoms with Crippen molar-refractivity contribution in [1.82, 2.24) is 0 Å². The molecule has 0 aliphatic rings. The third-order valence-corrected chi connectivity index (χ3v) is 4.12. The van der Waals surface area contributed by atoms with Gasteiger partial charge in [0.15, 0.2) is 0 Å². The summed E-state index contributed by atoms with van der Waals surface area (Å²) in [4.78, 5) is 10.7. The van der Waals surface area contributed by atoms with Crippen molar-refractivity contribution in [2.24, 2.45) is 0 Å². The Kier molecular flexibility index (Phi) is 5.33. The maximum Gasteiger partial charge on any atom is 0.312 e. The fourth-order valence-corrected chi connectivity index (χ4v) is 3.08. The first kappa shape index (κ1) is 15.9. The normalized spacial score (nSPS) is 12.1. The van der Waals surface area contributed by atoms with Crippen LogP contribution in [-0.2, 0) is 6.42 Å². The largest absolute Gasteiger partial charge is 0.486 e. The smallest absolute Gasteiger partial charge is 0.312 e. The monoisotopic (exact) mass is 371 g/mol. The SMILES string of the molecule is C[C@@H](O)c1cc(Br)cc([N+](=O)[O-])c1OCCc1ccsc1.